The summed E-state index contributed by atoms with van der Waals surface area (Å²) >= 11 is 0. The van der Waals surface area contributed by atoms with Crippen LogP contribution in [0.5, 0.6) is 0 Å². The van der Waals surface area contributed by atoms with Gasteiger partial charge in [0, 0.05) is 6.16 Å². The third-order valence-electron chi connectivity index (χ3n) is 2.52. The second kappa shape index (κ2) is 6.72. The van der Waals surface area contributed by atoms with Crippen molar-refractivity contribution in [3.8, 4) is 0 Å². The maximum Gasteiger partial charge on any atom is 0.338 e. The first-order valence-corrected chi connectivity index (χ1v) is 7.90. The molecule has 0 aromatic heterocycles. The molecule has 1 unspecified atom stereocenters. The van der Waals surface area contributed by atoms with E-state index in [0.717, 1.165) is 0 Å². The van der Waals surface area contributed by atoms with Crippen LogP contribution in [0.3, 0.4) is 0 Å². The molecule has 0 aliphatic carbocycles. The van der Waals surface area contributed by atoms with Crippen LogP contribution in [-0.4, -0.2) is 25.3 Å². The molecule has 0 bridgehead atoms. The molecule has 1 aromatic carbocycles. The molecule has 1 atom stereocenters. The van der Waals surface area contributed by atoms with Gasteiger partial charge in [-0.15, -0.1) is 0 Å². The number of benzene rings is 1. The summed E-state index contributed by atoms with van der Waals surface area (Å²) in [6, 6.07) is 6.77. The molecule has 0 heterocycles. The predicted molar refractivity (Wildman–Crippen MR) is 71.8 cm³/mol. The molecule has 5 heteroatoms. The van der Waals surface area contributed by atoms with E-state index >= 15 is 0 Å². The van der Waals surface area contributed by atoms with Crippen LogP contribution < -0.4 is 5.30 Å². The van der Waals surface area contributed by atoms with Gasteiger partial charge < -0.3 is 9.26 Å². The number of carbonyl (C=O) groups excluding carboxylic acids is 1. The van der Waals surface area contributed by atoms with Gasteiger partial charge in [0.15, 0.2) is 0 Å². The lowest BCUT2D eigenvalue weighted by atomic mass is 10.2. The summed E-state index contributed by atoms with van der Waals surface area (Å²) < 4.78 is 23.0. The number of rotatable bonds is 6. The maximum absolute atomic E-state index is 12.7. The van der Waals surface area contributed by atoms with Crippen LogP contribution in [0.1, 0.15) is 31.1 Å². The Morgan fingerprint density at radius 2 is 1.83 bits per heavy atom. The molecule has 0 aliphatic rings. The average molecular weight is 270 g/mol. The molecule has 18 heavy (non-hydrogen) atoms. The molecule has 0 saturated heterocycles. The zero-order valence-electron chi connectivity index (χ0n) is 11.0. The minimum atomic E-state index is -2.97. The number of ether oxygens (including phenoxy) is 1. The fourth-order valence-corrected chi connectivity index (χ4v) is 3.62. The Bertz CT molecular complexity index is 456. The van der Waals surface area contributed by atoms with E-state index in [4.69, 9.17) is 9.26 Å². The summed E-state index contributed by atoms with van der Waals surface area (Å²) in [5.41, 5.74) is 0.331. The van der Waals surface area contributed by atoms with Crippen LogP contribution in [-0.2, 0) is 13.8 Å². The van der Waals surface area contributed by atoms with Crippen LogP contribution in [0, 0.1) is 0 Å². The quantitative estimate of drug-likeness (QED) is 0.589. The van der Waals surface area contributed by atoms with Crippen LogP contribution in [0.25, 0.3) is 0 Å². The summed E-state index contributed by atoms with van der Waals surface area (Å²) in [7, 11) is -2.97. The molecule has 0 aliphatic heterocycles. The number of esters is 1. The highest BCUT2D eigenvalue weighted by Crippen LogP contribution is 2.46. The number of hydrogen-bond donors (Lipinski definition) is 0. The van der Waals surface area contributed by atoms with E-state index in [1.54, 1.807) is 45.0 Å². The zero-order chi connectivity index (χ0) is 13.6. The van der Waals surface area contributed by atoms with E-state index < -0.39 is 13.3 Å². The summed E-state index contributed by atoms with van der Waals surface area (Å²) in [5.74, 6) is -0.457. The molecule has 1 rings (SSSR count). The molecular formula is C13H19O4P. The summed E-state index contributed by atoms with van der Waals surface area (Å²) in [5, 5.41) is 0.452. The standard InChI is InChI=1S/C13H19O4P/c1-4-16-13(14)11-9-7-8-10-12(11)18(15,6-3)17-5-2/h7-10H,4-6H2,1-3H3. The predicted octanol–water partition coefficient (Wildman–Crippen LogP) is 2.82. The van der Waals surface area contributed by atoms with Gasteiger partial charge in [-0.3, -0.25) is 4.57 Å². The van der Waals surface area contributed by atoms with E-state index in [-0.39, 0.29) is 6.61 Å². The van der Waals surface area contributed by atoms with Gasteiger partial charge in [-0.2, -0.15) is 0 Å². The van der Waals surface area contributed by atoms with Gasteiger partial charge in [0.05, 0.1) is 24.1 Å². The Hall–Kier alpha value is -1.12. The van der Waals surface area contributed by atoms with Crippen molar-refractivity contribution in [1.29, 1.82) is 0 Å². The summed E-state index contributed by atoms with van der Waals surface area (Å²) in [6.45, 7) is 5.95. The lowest BCUT2D eigenvalue weighted by Crippen LogP contribution is -2.20. The third kappa shape index (κ3) is 3.21. The van der Waals surface area contributed by atoms with Crippen molar-refractivity contribution in [3.63, 3.8) is 0 Å². The average Bonchev–Trinajstić information content (AvgIpc) is 2.39. The smallest absolute Gasteiger partial charge is 0.338 e. The first-order chi connectivity index (χ1) is 8.59. The van der Waals surface area contributed by atoms with Gasteiger partial charge in [-0.1, -0.05) is 19.1 Å². The molecular weight excluding hydrogens is 251 g/mol. The number of carbonyl (C=O) groups is 1. The van der Waals surface area contributed by atoms with Crippen LogP contribution in [0.4, 0.5) is 0 Å². The Morgan fingerprint density at radius 3 is 2.39 bits per heavy atom. The fraction of sp³-hybridized carbons (Fsp3) is 0.462. The van der Waals surface area contributed by atoms with Gasteiger partial charge in [0.2, 0.25) is 7.37 Å². The van der Waals surface area contributed by atoms with Crippen molar-refractivity contribution in [2.75, 3.05) is 19.4 Å². The molecule has 0 saturated carbocycles. The highest BCUT2D eigenvalue weighted by molar-refractivity contribution is 7.67. The minimum absolute atomic E-state index is 0.290. The molecule has 0 radical (unpaired) electrons. The number of hydrogen-bond acceptors (Lipinski definition) is 4. The molecule has 0 N–H and O–H groups in total. The van der Waals surface area contributed by atoms with E-state index in [1.807, 2.05) is 0 Å². The zero-order valence-corrected chi connectivity index (χ0v) is 11.9. The van der Waals surface area contributed by atoms with Crippen LogP contribution >= 0.6 is 7.37 Å². The Labute approximate surface area is 108 Å². The molecule has 0 spiro atoms. The first kappa shape index (κ1) is 14.9. The van der Waals surface area contributed by atoms with E-state index in [2.05, 4.69) is 0 Å². The topological polar surface area (TPSA) is 52.6 Å². The van der Waals surface area contributed by atoms with Gasteiger partial charge in [-0.05, 0) is 26.0 Å². The normalized spacial score (nSPS) is 13.9. The van der Waals surface area contributed by atoms with Crippen molar-refractivity contribution < 1.29 is 18.6 Å². The summed E-state index contributed by atoms with van der Waals surface area (Å²) in [4.78, 5) is 11.8. The van der Waals surface area contributed by atoms with Crippen molar-refractivity contribution >= 4 is 18.6 Å². The lowest BCUT2D eigenvalue weighted by Gasteiger charge is -2.18. The molecule has 0 fully saturated rings. The summed E-state index contributed by atoms with van der Waals surface area (Å²) in [6.07, 6.45) is 0.358. The molecule has 1 aromatic rings. The van der Waals surface area contributed by atoms with Crippen LogP contribution in [0.15, 0.2) is 24.3 Å². The molecule has 4 nitrogen and oxygen atoms in total. The SMILES string of the molecule is CCOC(=O)c1ccccc1P(=O)(CC)OCC. The highest BCUT2D eigenvalue weighted by Gasteiger charge is 2.28. The highest BCUT2D eigenvalue weighted by atomic mass is 31.2. The van der Waals surface area contributed by atoms with Crippen molar-refractivity contribution in [2.24, 2.45) is 0 Å². The minimum Gasteiger partial charge on any atom is -0.462 e. The van der Waals surface area contributed by atoms with Gasteiger partial charge in [-0.25, -0.2) is 4.79 Å². The van der Waals surface area contributed by atoms with E-state index in [0.29, 0.717) is 23.6 Å². The molecule has 100 valence electrons. The van der Waals surface area contributed by atoms with Crippen molar-refractivity contribution in [2.45, 2.75) is 20.8 Å². The van der Waals surface area contributed by atoms with Crippen molar-refractivity contribution in [1.82, 2.24) is 0 Å². The van der Waals surface area contributed by atoms with Gasteiger partial charge >= 0.3 is 5.97 Å². The van der Waals surface area contributed by atoms with Crippen LogP contribution in [0.2, 0.25) is 0 Å². The molecule has 0 amide bonds. The van der Waals surface area contributed by atoms with Gasteiger partial charge in [0.1, 0.15) is 0 Å². The maximum atomic E-state index is 12.7. The first-order valence-electron chi connectivity index (χ1n) is 6.09. The second-order valence-electron chi connectivity index (χ2n) is 3.65. The van der Waals surface area contributed by atoms with E-state index in [9.17, 15) is 9.36 Å². The van der Waals surface area contributed by atoms with Crippen molar-refractivity contribution in [3.05, 3.63) is 29.8 Å². The Morgan fingerprint density at radius 1 is 1.17 bits per heavy atom. The van der Waals surface area contributed by atoms with E-state index in [1.165, 1.54) is 0 Å². The Balaban J connectivity index is 3.23. The Kier molecular flexibility index (Phi) is 5.57. The van der Waals surface area contributed by atoms with Gasteiger partial charge in [0.25, 0.3) is 0 Å². The third-order valence-corrected chi connectivity index (χ3v) is 5.15. The monoisotopic (exact) mass is 270 g/mol. The lowest BCUT2D eigenvalue weighted by molar-refractivity contribution is 0.0527. The largest absolute Gasteiger partial charge is 0.462 e. The second-order valence-corrected chi connectivity index (χ2v) is 6.36. The fourth-order valence-electron chi connectivity index (χ4n) is 1.69.